The van der Waals surface area contributed by atoms with Crippen molar-refractivity contribution in [3.05, 3.63) is 72.3 Å². The largest absolute Gasteiger partial charge is 0.479 e. The van der Waals surface area contributed by atoms with Crippen molar-refractivity contribution < 1.29 is 14.7 Å². The number of carboxylic acid groups (broad SMARTS) is 1. The molecule has 5 nitrogen and oxygen atoms in total. The number of para-hydroxylation sites is 2. The maximum atomic E-state index is 13.0. The molecule has 1 amide bonds. The van der Waals surface area contributed by atoms with Gasteiger partial charge in [0.25, 0.3) is 0 Å². The van der Waals surface area contributed by atoms with Crippen LogP contribution in [0.15, 0.2) is 66.7 Å². The Labute approximate surface area is 147 Å². The van der Waals surface area contributed by atoms with Gasteiger partial charge in [0, 0.05) is 5.69 Å². The van der Waals surface area contributed by atoms with Gasteiger partial charge in [0.1, 0.15) is 6.04 Å². The lowest BCUT2D eigenvalue weighted by Crippen LogP contribution is -2.41. The monoisotopic (exact) mass is 386 g/mol. The number of fused-ring (bicyclic) bond motifs is 1. The van der Waals surface area contributed by atoms with Crippen molar-refractivity contribution in [1.82, 2.24) is 0 Å². The Morgan fingerprint density at radius 1 is 1.08 bits per heavy atom. The standard InChI is InChI=1S/C18H15BrN2O3/c1-11-15(17(22)21(19)12-7-3-2-4-8-12)13-9-5-6-10-14(13)20-16(11)18(23)24/h2-10,15-16,20H,1H2,(H,23,24). The summed E-state index contributed by atoms with van der Waals surface area (Å²) in [5, 5.41) is 12.4. The summed E-state index contributed by atoms with van der Waals surface area (Å²) in [6.45, 7) is 3.88. The van der Waals surface area contributed by atoms with Crippen molar-refractivity contribution in [3.8, 4) is 0 Å². The van der Waals surface area contributed by atoms with Crippen LogP contribution in [-0.4, -0.2) is 23.0 Å². The SMILES string of the molecule is C=C1C(C(=O)O)Nc2ccccc2C1C(=O)N(Br)c1ccccc1. The van der Waals surface area contributed by atoms with Crippen LogP contribution in [0.2, 0.25) is 0 Å². The number of carboxylic acids is 1. The van der Waals surface area contributed by atoms with Crippen molar-refractivity contribution in [2.24, 2.45) is 0 Å². The zero-order valence-corrected chi connectivity index (χ0v) is 14.2. The van der Waals surface area contributed by atoms with E-state index in [0.717, 1.165) is 0 Å². The molecule has 1 heterocycles. The zero-order valence-electron chi connectivity index (χ0n) is 12.6. The van der Waals surface area contributed by atoms with Crippen LogP contribution in [0.1, 0.15) is 11.5 Å². The van der Waals surface area contributed by atoms with Crippen molar-refractivity contribution in [3.63, 3.8) is 0 Å². The molecular weight excluding hydrogens is 372 g/mol. The average Bonchev–Trinajstić information content (AvgIpc) is 2.60. The molecule has 0 aliphatic carbocycles. The molecule has 3 rings (SSSR count). The Hall–Kier alpha value is -2.60. The molecule has 122 valence electrons. The average molecular weight is 387 g/mol. The number of aliphatic carboxylic acids is 1. The minimum absolute atomic E-state index is 0.286. The Balaban J connectivity index is 2.02. The van der Waals surface area contributed by atoms with Crippen LogP contribution in [0.5, 0.6) is 0 Å². The van der Waals surface area contributed by atoms with E-state index in [-0.39, 0.29) is 5.91 Å². The molecule has 6 heteroatoms. The number of benzene rings is 2. The number of hydrogen-bond donors (Lipinski definition) is 2. The Morgan fingerprint density at radius 2 is 1.71 bits per heavy atom. The van der Waals surface area contributed by atoms with Crippen LogP contribution >= 0.6 is 16.1 Å². The van der Waals surface area contributed by atoms with Gasteiger partial charge in [0.15, 0.2) is 0 Å². The van der Waals surface area contributed by atoms with Gasteiger partial charge in [-0.3, -0.25) is 4.79 Å². The first kappa shape index (κ1) is 16.3. The van der Waals surface area contributed by atoms with E-state index in [4.69, 9.17) is 0 Å². The maximum Gasteiger partial charge on any atom is 0.330 e. The summed E-state index contributed by atoms with van der Waals surface area (Å²) in [6.07, 6.45) is 0. The fourth-order valence-corrected chi connectivity index (χ4v) is 3.25. The summed E-state index contributed by atoms with van der Waals surface area (Å²) >= 11 is 3.30. The highest BCUT2D eigenvalue weighted by Gasteiger charge is 2.39. The zero-order chi connectivity index (χ0) is 17.3. The number of carbonyl (C=O) groups is 2. The highest BCUT2D eigenvalue weighted by molar-refractivity contribution is 9.10. The number of halogens is 1. The molecule has 2 unspecified atom stereocenters. The van der Waals surface area contributed by atoms with Gasteiger partial charge in [-0.1, -0.05) is 43.0 Å². The molecule has 24 heavy (non-hydrogen) atoms. The molecule has 2 aromatic carbocycles. The molecule has 2 N–H and O–H groups in total. The third-order valence-corrected chi connectivity index (χ3v) is 4.74. The van der Waals surface area contributed by atoms with Gasteiger partial charge in [-0.15, -0.1) is 0 Å². The van der Waals surface area contributed by atoms with Gasteiger partial charge >= 0.3 is 5.97 Å². The Morgan fingerprint density at radius 3 is 2.38 bits per heavy atom. The first-order valence-electron chi connectivity index (χ1n) is 7.32. The van der Waals surface area contributed by atoms with E-state index in [1.807, 2.05) is 24.3 Å². The maximum absolute atomic E-state index is 13.0. The van der Waals surface area contributed by atoms with E-state index in [1.165, 1.54) is 3.93 Å². The van der Waals surface area contributed by atoms with Gasteiger partial charge in [-0.2, -0.15) is 0 Å². The van der Waals surface area contributed by atoms with Crippen LogP contribution in [0.4, 0.5) is 11.4 Å². The Kier molecular flexibility index (Phi) is 4.40. The Bertz CT molecular complexity index is 807. The number of amides is 1. The second-order valence-electron chi connectivity index (χ2n) is 5.47. The van der Waals surface area contributed by atoms with E-state index >= 15 is 0 Å². The summed E-state index contributed by atoms with van der Waals surface area (Å²) in [7, 11) is 0. The lowest BCUT2D eigenvalue weighted by molar-refractivity contribution is -0.137. The van der Waals surface area contributed by atoms with Crippen LogP contribution in [0, 0.1) is 0 Å². The summed E-state index contributed by atoms with van der Waals surface area (Å²) < 4.78 is 1.35. The lowest BCUT2D eigenvalue weighted by atomic mass is 9.82. The number of rotatable bonds is 3. The van der Waals surface area contributed by atoms with E-state index in [9.17, 15) is 14.7 Å². The van der Waals surface area contributed by atoms with Crippen molar-refractivity contribution in [2.75, 3.05) is 9.24 Å². The van der Waals surface area contributed by atoms with Crippen LogP contribution in [-0.2, 0) is 9.59 Å². The molecule has 0 spiro atoms. The van der Waals surface area contributed by atoms with Gasteiger partial charge in [-0.05, 0) is 29.3 Å². The summed E-state index contributed by atoms with van der Waals surface area (Å²) in [5.41, 5.74) is 2.32. The highest BCUT2D eigenvalue weighted by Crippen LogP contribution is 2.39. The number of hydrogen-bond acceptors (Lipinski definition) is 3. The van der Waals surface area contributed by atoms with Gasteiger partial charge in [-0.25, -0.2) is 8.72 Å². The smallest absolute Gasteiger partial charge is 0.330 e. The predicted molar refractivity (Wildman–Crippen MR) is 96.2 cm³/mol. The molecule has 0 fully saturated rings. The molecule has 0 saturated carbocycles. The first-order chi connectivity index (χ1) is 11.5. The minimum Gasteiger partial charge on any atom is -0.479 e. The fourth-order valence-electron chi connectivity index (χ4n) is 2.81. The quantitative estimate of drug-likeness (QED) is 0.625. The van der Waals surface area contributed by atoms with Crippen molar-refractivity contribution in [1.29, 1.82) is 0 Å². The van der Waals surface area contributed by atoms with Gasteiger partial charge < -0.3 is 10.4 Å². The normalized spacial score (nSPS) is 19.1. The third-order valence-electron chi connectivity index (χ3n) is 3.98. The van der Waals surface area contributed by atoms with Crippen molar-refractivity contribution in [2.45, 2.75) is 12.0 Å². The summed E-state index contributed by atoms with van der Waals surface area (Å²) in [4.78, 5) is 24.6. The van der Waals surface area contributed by atoms with Crippen LogP contribution in [0.25, 0.3) is 0 Å². The van der Waals surface area contributed by atoms with Gasteiger partial charge in [0.05, 0.1) is 27.8 Å². The fraction of sp³-hybridized carbons (Fsp3) is 0.111. The number of anilines is 2. The van der Waals surface area contributed by atoms with E-state index < -0.39 is 17.9 Å². The summed E-state index contributed by atoms with van der Waals surface area (Å²) in [6, 6.07) is 15.2. The number of carbonyl (C=O) groups excluding carboxylic acids is 1. The molecule has 1 aliphatic heterocycles. The molecule has 2 aromatic rings. The molecule has 0 radical (unpaired) electrons. The summed E-state index contributed by atoms with van der Waals surface area (Å²) in [5.74, 6) is -2.09. The second-order valence-corrected chi connectivity index (χ2v) is 6.17. The number of nitrogens with zero attached hydrogens (tertiary/aromatic N) is 1. The van der Waals surface area contributed by atoms with Crippen LogP contribution < -0.4 is 9.24 Å². The third kappa shape index (κ3) is 2.80. The molecule has 0 saturated heterocycles. The van der Waals surface area contributed by atoms with E-state index in [2.05, 4.69) is 28.0 Å². The molecule has 2 atom stereocenters. The lowest BCUT2D eigenvalue weighted by Gasteiger charge is -2.34. The minimum atomic E-state index is -1.06. The van der Waals surface area contributed by atoms with E-state index in [0.29, 0.717) is 22.5 Å². The van der Waals surface area contributed by atoms with Crippen molar-refractivity contribution >= 4 is 39.4 Å². The second kappa shape index (κ2) is 6.49. The molecule has 1 aliphatic rings. The van der Waals surface area contributed by atoms with E-state index in [1.54, 1.807) is 30.3 Å². The molecular formula is C18H15BrN2O3. The van der Waals surface area contributed by atoms with Gasteiger partial charge in [0.2, 0.25) is 5.91 Å². The number of nitrogens with one attached hydrogen (secondary N) is 1. The topological polar surface area (TPSA) is 69.6 Å². The molecule has 0 bridgehead atoms. The molecule has 0 aromatic heterocycles. The highest BCUT2D eigenvalue weighted by atomic mass is 79.9. The predicted octanol–water partition coefficient (Wildman–Crippen LogP) is 3.55. The van der Waals surface area contributed by atoms with Crippen LogP contribution in [0.3, 0.4) is 0 Å². The first-order valence-corrected chi connectivity index (χ1v) is 8.03.